The van der Waals surface area contributed by atoms with Crippen molar-refractivity contribution < 1.29 is 17.9 Å². The van der Waals surface area contributed by atoms with Gasteiger partial charge >= 0.3 is 0 Å². The van der Waals surface area contributed by atoms with Crippen LogP contribution in [0, 0.1) is 5.92 Å². The van der Waals surface area contributed by atoms with E-state index in [1.807, 2.05) is 38.1 Å². The predicted molar refractivity (Wildman–Crippen MR) is 112 cm³/mol. The summed E-state index contributed by atoms with van der Waals surface area (Å²) in [4.78, 5) is 13.1. The Balaban J connectivity index is 1.81. The van der Waals surface area contributed by atoms with Crippen LogP contribution in [0.1, 0.15) is 48.7 Å². The maximum Gasteiger partial charge on any atom is 0.251 e. The van der Waals surface area contributed by atoms with Gasteiger partial charge < -0.3 is 10.1 Å². The maximum absolute atomic E-state index is 12.9. The minimum absolute atomic E-state index is 0.156. The van der Waals surface area contributed by atoms with Crippen molar-refractivity contribution in [2.45, 2.75) is 37.6 Å². The summed E-state index contributed by atoms with van der Waals surface area (Å²) in [7, 11) is -1.95. The summed E-state index contributed by atoms with van der Waals surface area (Å²) in [6, 6.07) is 13.7. The highest BCUT2D eigenvalue weighted by Gasteiger charge is 2.28. The number of methoxy groups -OCH3 is 1. The smallest absolute Gasteiger partial charge is 0.251 e. The lowest BCUT2D eigenvalue weighted by Gasteiger charge is -2.23. The molecule has 1 saturated heterocycles. The van der Waals surface area contributed by atoms with Crippen LogP contribution in [-0.4, -0.2) is 38.8 Å². The summed E-state index contributed by atoms with van der Waals surface area (Å²) in [5.74, 6) is 0.615. The van der Waals surface area contributed by atoms with Crippen molar-refractivity contribution in [3.05, 3.63) is 59.7 Å². The van der Waals surface area contributed by atoms with E-state index in [4.69, 9.17) is 4.74 Å². The van der Waals surface area contributed by atoms with Gasteiger partial charge in [-0.25, -0.2) is 8.42 Å². The van der Waals surface area contributed by atoms with Gasteiger partial charge in [-0.1, -0.05) is 32.0 Å². The van der Waals surface area contributed by atoms with Crippen LogP contribution in [0.5, 0.6) is 5.75 Å². The van der Waals surface area contributed by atoms with Crippen LogP contribution in [0.15, 0.2) is 53.4 Å². The molecule has 1 aliphatic heterocycles. The second-order valence-corrected chi connectivity index (χ2v) is 9.55. The van der Waals surface area contributed by atoms with Gasteiger partial charge in [-0.3, -0.25) is 4.79 Å². The van der Waals surface area contributed by atoms with Gasteiger partial charge in [0, 0.05) is 18.7 Å². The SMILES string of the molecule is COc1ccc([C@@H](NC(=O)c2cccc(S(=O)(=O)N3CCCC3)c2)C(C)C)cc1. The molecule has 0 saturated carbocycles. The molecule has 2 aromatic rings. The fourth-order valence-electron chi connectivity index (χ4n) is 3.55. The fourth-order valence-corrected chi connectivity index (χ4v) is 5.11. The molecule has 6 nitrogen and oxygen atoms in total. The molecule has 0 radical (unpaired) electrons. The molecule has 1 aliphatic rings. The summed E-state index contributed by atoms with van der Waals surface area (Å²) in [5, 5.41) is 3.05. The third-order valence-corrected chi connectivity index (χ3v) is 7.12. The van der Waals surface area contributed by atoms with E-state index >= 15 is 0 Å². The number of nitrogens with one attached hydrogen (secondary N) is 1. The highest BCUT2D eigenvalue weighted by Crippen LogP contribution is 2.25. The molecular formula is C22H28N2O4S. The molecule has 0 unspecified atom stereocenters. The summed E-state index contributed by atoms with van der Waals surface area (Å²) in [6.07, 6.45) is 1.74. The van der Waals surface area contributed by atoms with Crippen LogP contribution in [-0.2, 0) is 10.0 Å². The number of carbonyl (C=O) groups excluding carboxylic acids is 1. The molecule has 3 rings (SSSR count). The largest absolute Gasteiger partial charge is 0.497 e. The monoisotopic (exact) mass is 416 g/mol. The van der Waals surface area contributed by atoms with E-state index < -0.39 is 10.0 Å². The van der Waals surface area contributed by atoms with Crippen molar-refractivity contribution in [3.63, 3.8) is 0 Å². The van der Waals surface area contributed by atoms with Crippen LogP contribution >= 0.6 is 0 Å². The van der Waals surface area contributed by atoms with E-state index in [2.05, 4.69) is 5.32 Å². The number of benzene rings is 2. The molecular weight excluding hydrogens is 388 g/mol. The summed E-state index contributed by atoms with van der Waals surface area (Å²) in [6.45, 7) is 5.13. The highest BCUT2D eigenvalue weighted by molar-refractivity contribution is 7.89. The van der Waals surface area contributed by atoms with Gasteiger partial charge in [0.2, 0.25) is 10.0 Å². The Morgan fingerprint density at radius 1 is 1.07 bits per heavy atom. The first-order valence-corrected chi connectivity index (χ1v) is 11.3. The third kappa shape index (κ3) is 4.79. The average Bonchev–Trinajstić information content (AvgIpc) is 3.27. The number of ether oxygens (including phenoxy) is 1. The van der Waals surface area contributed by atoms with Gasteiger partial charge in [-0.2, -0.15) is 4.31 Å². The number of nitrogens with zero attached hydrogens (tertiary/aromatic N) is 1. The first-order chi connectivity index (χ1) is 13.8. The van der Waals surface area contributed by atoms with Crippen LogP contribution in [0.2, 0.25) is 0 Å². The Kier molecular flexibility index (Phi) is 6.59. The minimum atomic E-state index is -3.56. The molecule has 1 fully saturated rings. The van der Waals surface area contributed by atoms with Crippen LogP contribution in [0.4, 0.5) is 0 Å². The molecule has 2 aromatic carbocycles. The third-order valence-electron chi connectivity index (χ3n) is 5.23. The summed E-state index contributed by atoms with van der Waals surface area (Å²) >= 11 is 0. The zero-order chi connectivity index (χ0) is 21.0. The summed E-state index contributed by atoms with van der Waals surface area (Å²) < 4.78 is 32.3. The molecule has 0 bridgehead atoms. The Labute approximate surface area is 172 Å². The van der Waals surface area contributed by atoms with Crippen LogP contribution in [0.3, 0.4) is 0 Å². The standard InChI is InChI=1S/C22H28N2O4S/c1-16(2)21(17-9-11-19(28-3)12-10-17)23-22(25)18-7-6-8-20(15-18)29(26,27)24-13-4-5-14-24/h6-12,15-16,21H,4-5,13-14H2,1-3H3,(H,23,25)/t21-/m0/s1. The van der Waals surface area contributed by atoms with Crippen molar-refractivity contribution in [3.8, 4) is 5.75 Å². The molecule has 0 aromatic heterocycles. The number of rotatable bonds is 7. The number of carbonyl (C=O) groups is 1. The first kappa shape index (κ1) is 21.3. The van der Waals surface area contributed by atoms with Crippen LogP contribution in [0.25, 0.3) is 0 Å². The van der Waals surface area contributed by atoms with Crippen molar-refractivity contribution in [2.24, 2.45) is 5.92 Å². The molecule has 0 spiro atoms. The Morgan fingerprint density at radius 3 is 2.31 bits per heavy atom. The Hall–Kier alpha value is -2.38. The molecule has 0 aliphatic carbocycles. The van der Waals surface area contributed by atoms with Crippen molar-refractivity contribution >= 4 is 15.9 Å². The van der Waals surface area contributed by atoms with E-state index in [1.165, 1.54) is 10.4 Å². The lowest BCUT2D eigenvalue weighted by Crippen LogP contribution is -2.32. The van der Waals surface area contributed by atoms with Crippen LogP contribution < -0.4 is 10.1 Å². The molecule has 1 N–H and O–H groups in total. The maximum atomic E-state index is 12.9. The van der Waals surface area contributed by atoms with E-state index in [0.717, 1.165) is 24.2 Å². The molecule has 29 heavy (non-hydrogen) atoms. The number of amides is 1. The second kappa shape index (κ2) is 8.97. The van der Waals surface area contributed by atoms with Gasteiger partial charge in [-0.05, 0) is 54.7 Å². The van der Waals surface area contributed by atoms with E-state index in [9.17, 15) is 13.2 Å². The van der Waals surface area contributed by atoms with Gasteiger partial charge in [-0.15, -0.1) is 0 Å². The minimum Gasteiger partial charge on any atom is -0.497 e. The fraction of sp³-hybridized carbons (Fsp3) is 0.409. The Morgan fingerprint density at radius 2 is 1.72 bits per heavy atom. The molecule has 1 heterocycles. The second-order valence-electron chi connectivity index (χ2n) is 7.61. The van der Waals surface area contributed by atoms with Crippen molar-refractivity contribution in [2.75, 3.05) is 20.2 Å². The average molecular weight is 417 g/mol. The molecule has 7 heteroatoms. The quantitative estimate of drug-likeness (QED) is 0.748. The van der Waals surface area contributed by atoms with Gasteiger partial charge in [0.25, 0.3) is 5.91 Å². The topological polar surface area (TPSA) is 75.7 Å². The number of sulfonamides is 1. The summed E-state index contributed by atoms with van der Waals surface area (Å²) in [5.41, 5.74) is 1.31. The van der Waals surface area contributed by atoms with E-state index in [0.29, 0.717) is 18.7 Å². The van der Waals surface area contributed by atoms with E-state index in [1.54, 1.807) is 25.3 Å². The molecule has 1 atom stereocenters. The predicted octanol–water partition coefficient (Wildman–Crippen LogP) is 3.61. The Bertz CT molecular complexity index is 949. The van der Waals surface area contributed by atoms with Gasteiger partial charge in [0.1, 0.15) is 5.75 Å². The zero-order valence-electron chi connectivity index (χ0n) is 17.1. The van der Waals surface area contributed by atoms with Crippen molar-refractivity contribution in [1.29, 1.82) is 0 Å². The van der Waals surface area contributed by atoms with Gasteiger partial charge in [0.05, 0.1) is 18.0 Å². The first-order valence-electron chi connectivity index (χ1n) is 9.88. The zero-order valence-corrected chi connectivity index (χ0v) is 17.9. The normalized spacial score (nSPS) is 16.0. The van der Waals surface area contributed by atoms with E-state index in [-0.39, 0.29) is 22.8 Å². The van der Waals surface area contributed by atoms with Gasteiger partial charge in [0.15, 0.2) is 0 Å². The number of hydrogen-bond donors (Lipinski definition) is 1. The lowest BCUT2D eigenvalue weighted by molar-refractivity contribution is 0.0925. The lowest BCUT2D eigenvalue weighted by atomic mass is 9.95. The van der Waals surface area contributed by atoms with Crippen molar-refractivity contribution in [1.82, 2.24) is 9.62 Å². The number of hydrogen-bond acceptors (Lipinski definition) is 4. The highest BCUT2D eigenvalue weighted by atomic mass is 32.2. The molecule has 156 valence electrons. The molecule has 1 amide bonds.